The van der Waals surface area contributed by atoms with Gasteiger partial charge in [0.25, 0.3) is 11.8 Å². The van der Waals surface area contributed by atoms with Crippen LogP contribution in [0.3, 0.4) is 0 Å². The Morgan fingerprint density at radius 1 is 1.56 bits per heavy atom. The highest BCUT2D eigenvalue weighted by atomic mass is 32.1. The fraction of sp³-hybridized carbons (Fsp3) is 0.300. The second-order valence-corrected chi connectivity index (χ2v) is 4.45. The molecule has 84 valence electrons. The summed E-state index contributed by atoms with van der Waals surface area (Å²) in [6.07, 6.45) is 0.0481. The lowest BCUT2D eigenvalue weighted by molar-refractivity contribution is -0.137. The second-order valence-electron chi connectivity index (χ2n) is 3.50. The van der Waals surface area contributed by atoms with Gasteiger partial charge in [-0.3, -0.25) is 19.3 Å². The largest absolute Gasteiger partial charge is 0.339 e. The number of hydrogen-bond donors (Lipinski definition) is 1. The molecule has 1 aliphatic heterocycles. The summed E-state index contributed by atoms with van der Waals surface area (Å²) >= 11 is 1.30. The Labute approximate surface area is 96.0 Å². The monoisotopic (exact) mass is 238 g/mol. The van der Waals surface area contributed by atoms with E-state index in [0.717, 1.165) is 4.90 Å². The van der Waals surface area contributed by atoms with E-state index in [1.807, 2.05) is 0 Å². The van der Waals surface area contributed by atoms with Gasteiger partial charge in [0.2, 0.25) is 5.91 Å². The maximum atomic E-state index is 11.6. The normalized spacial score (nSPS) is 20.3. The van der Waals surface area contributed by atoms with E-state index in [1.54, 1.807) is 17.5 Å². The highest BCUT2D eigenvalue weighted by Crippen LogP contribution is 2.13. The molecule has 1 aromatic rings. The molecule has 16 heavy (non-hydrogen) atoms. The number of carbonyl (C=O) groups excluding carboxylic acids is 3. The van der Waals surface area contributed by atoms with Crippen molar-refractivity contribution in [1.82, 2.24) is 10.2 Å². The van der Waals surface area contributed by atoms with Crippen molar-refractivity contribution in [2.24, 2.45) is 0 Å². The zero-order valence-electron chi connectivity index (χ0n) is 8.60. The molecule has 1 atom stereocenters. The van der Waals surface area contributed by atoms with Gasteiger partial charge in [0.1, 0.15) is 6.04 Å². The van der Waals surface area contributed by atoms with Crippen molar-refractivity contribution in [2.75, 3.05) is 7.05 Å². The fourth-order valence-electron chi connectivity index (χ4n) is 1.51. The molecule has 1 unspecified atom stereocenters. The summed E-state index contributed by atoms with van der Waals surface area (Å²) in [5.41, 5.74) is 0. The smallest absolute Gasteiger partial charge is 0.262 e. The number of amides is 3. The van der Waals surface area contributed by atoms with Crippen LogP contribution in [0.4, 0.5) is 0 Å². The summed E-state index contributed by atoms with van der Waals surface area (Å²) < 4.78 is 0. The molecular weight excluding hydrogens is 228 g/mol. The van der Waals surface area contributed by atoms with Gasteiger partial charge in [-0.05, 0) is 11.4 Å². The van der Waals surface area contributed by atoms with Gasteiger partial charge >= 0.3 is 0 Å². The topological polar surface area (TPSA) is 66.5 Å². The summed E-state index contributed by atoms with van der Waals surface area (Å²) in [7, 11) is 1.42. The highest BCUT2D eigenvalue weighted by Gasteiger charge is 2.37. The van der Waals surface area contributed by atoms with Crippen molar-refractivity contribution in [1.29, 1.82) is 0 Å². The van der Waals surface area contributed by atoms with E-state index in [1.165, 1.54) is 18.4 Å². The van der Waals surface area contributed by atoms with Crippen molar-refractivity contribution in [3.8, 4) is 0 Å². The van der Waals surface area contributed by atoms with Crippen LogP contribution in [-0.4, -0.2) is 35.7 Å². The van der Waals surface area contributed by atoms with E-state index < -0.39 is 6.04 Å². The van der Waals surface area contributed by atoms with Crippen molar-refractivity contribution < 1.29 is 14.4 Å². The lowest BCUT2D eigenvalue weighted by Crippen LogP contribution is -2.40. The molecular formula is C10H10N2O3S. The first-order chi connectivity index (χ1) is 7.59. The number of imide groups is 1. The van der Waals surface area contributed by atoms with E-state index in [4.69, 9.17) is 0 Å². The predicted molar refractivity (Wildman–Crippen MR) is 58.0 cm³/mol. The molecule has 0 radical (unpaired) electrons. The van der Waals surface area contributed by atoms with Gasteiger partial charge in [0.15, 0.2) is 0 Å². The van der Waals surface area contributed by atoms with Crippen LogP contribution in [0.15, 0.2) is 17.5 Å². The minimum absolute atomic E-state index is 0.0481. The lowest BCUT2D eigenvalue weighted by atomic mass is 10.2. The summed E-state index contributed by atoms with van der Waals surface area (Å²) in [5.74, 6) is -0.923. The molecule has 2 heterocycles. The zero-order chi connectivity index (χ0) is 11.7. The number of hydrogen-bond acceptors (Lipinski definition) is 4. The minimum atomic E-state index is -0.716. The maximum Gasteiger partial charge on any atom is 0.262 e. The van der Waals surface area contributed by atoms with E-state index in [2.05, 4.69) is 5.32 Å². The van der Waals surface area contributed by atoms with E-state index in [-0.39, 0.29) is 24.1 Å². The molecule has 1 aliphatic rings. The van der Waals surface area contributed by atoms with E-state index in [9.17, 15) is 14.4 Å². The van der Waals surface area contributed by atoms with E-state index >= 15 is 0 Å². The lowest BCUT2D eigenvalue weighted by Gasteiger charge is -2.09. The van der Waals surface area contributed by atoms with E-state index in [0.29, 0.717) is 4.88 Å². The Kier molecular flexibility index (Phi) is 2.74. The van der Waals surface area contributed by atoms with Crippen LogP contribution < -0.4 is 5.32 Å². The van der Waals surface area contributed by atoms with Crippen LogP contribution in [0.5, 0.6) is 0 Å². The number of rotatable bonds is 2. The van der Waals surface area contributed by atoms with Crippen LogP contribution >= 0.6 is 11.3 Å². The van der Waals surface area contributed by atoms with Crippen LogP contribution in [-0.2, 0) is 9.59 Å². The summed E-state index contributed by atoms with van der Waals surface area (Å²) in [4.78, 5) is 35.9. The zero-order valence-corrected chi connectivity index (χ0v) is 9.41. The molecule has 1 fully saturated rings. The average molecular weight is 238 g/mol. The van der Waals surface area contributed by atoms with Crippen molar-refractivity contribution in [2.45, 2.75) is 12.5 Å². The third kappa shape index (κ3) is 1.83. The molecule has 5 nitrogen and oxygen atoms in total. The molecule has 2 rings (SSSR count). The second kappa shape index (κ2) is 4.05. The number of thiophene rings is 1. The fourth-order valence-corrected chi connectivity index (χ4v) is 2.13. The van der Waals surface area contributed by atoms with Gasteiger partial charge in [-0.1, -0.05) is 6.07 Å². The molecule has 0 spiro atoms. The summed E-state index contributed by atoms with van der Waals surface area (Å²) in [5, 5.41) is 4.33. The summed E-state index contributed by atoms with van der Waals surface area (Å²) in [6.45, 7) is 0. The molecule has 3 amide bonds. The molecule has 1 aromatic heterocycles. The van der Waals surface area contributed by atoms with Crippen LogP contribution in [0.1, 0.15) is 16.1 Å². The molecule has 0 bridgehead atoms. The number of likely N-dealkylation sites (tertiary alicyclic amines) is 1. The molecule has 1 N–H and O–H groups in total. The third-order valence-electron chi connectivity index (χ3n) is 2.43. The highest BCUT2D eigenvalue weighted by molar-refractivity contribution is 7.12. The Hall–Kier alpha value is -1.69. The molecule has 6 heteroatoms. The first-order valence-corrected chi connectivity index (χ1v) is 5.62. The van der Waals surface area contributed by atoms with Gasteiger partial charge in [0, 0.05) is 7.05 Å². The molecule has 1 saturated heterocycles. The Morgan fingerprint density at radius 3 is 2.81 bits per heavy atom. The van der Waals surface area contributed by atoms with Crippen LogP contribution in [0.25, 0.3) is 0 Å². The standard InChI is InChI=1S/C10H10N2O3S/c1-12-8(13)5-6(10(12)15)11-9(14)7-3-2-4-16-7/h2-4,6H,5H2,1H3,(H,11,14). The Morgan fingerprint density at radius 2 is 2.31 bits per heavy atom. The van der Waals surface area contributed by atoms with Crippen molar-refractivity contribution in [3.05, 3.63) is 22.4 Å². The number of nitrogens with zero attached hydrogens (tertiary/aromatic N) is 1. The predicted octanol–water partition coefficient (Wildman–Crippen LogP) is 0.235. The molecule has 0 aromatic carbocycles. The SMILES string of the molecule is CN1C(=O)CC(NC(=O)c2cccs2)C1=O. The Balaban J connectivity index is 2.04. The van der Waals surface area contributed by atoms with Gasteiger partial charge in [-0.2, -0.15) is 0 Å². The third-order valence-corrected chi connectivity index (χ3v) is 3.30. The van der Waals surface area contributed by atoms with Crippen molar-refractivity contribution >= 4 is 29.1 Å². The van der Waals surface area contributed by atoms with Crippen molar-refractivity contribution in [3.63, 3.8) is 0 Å². The number of carbonyl (C=O) groups is 3. The Bertz CT molecular complexity index is 441. The first kappa shape index (κ1) is 10.8. The number of likely N-dealkylation sites (N-methyl/N-ethyl adjacent to an activating group) is 1. The van der Waals surface area contributed by atoms with Gasteiger partial charge in [-0.25, -0.2) is 0 Å². The first-order valence-electron chi connectivity index (χ1n) is 4.74. The molecule has 0 saturated carbocycles. The molecule has 0 aliphatic carbocycles. The van der Waals surface area contributed by atoms with Gasteiger partial charge in [-0.15, -0.1) is 11.3 Å². The minimum Gasteiger partial charge on any atom is -0.339 e. The quantitative estimate of drug-likeness (QED) is 0.750. The summed E-state index contributed by atoms with van der Waals surface area (Å²) in [6, 6.07) is 2.71. The van der Waals surface area contributed by atoms with Crippen LogP contribution in [0, 0.1) is 0 Å². The number of nitrogens with one attached hydrogen (secondary N) is 1. The van der Waals surface area contributed by atoms with Gasteiger partial charge < -0.3 is 5.32 Å². The maximum absolute atomic E-state index is 11.6. The van der Waals surface area contributed by atoms with Crippen LogP contribution in [0.2, 0.25) is 0 Å². The average Bonchev–Trinajstić information content (AvgIpc) is 2.85. The van der Waals surface area contributed by atoms with Gasteiger partial charge in [0.05, 0.1) is 11.3 Å².